The number of aromatic nitrogens is 2. The molecule has 0 radical (unpaired) electrons. The normalized spacial score (nSPS) is 13.0. The van der Waals surface area contributed by atoms with Crippen LogP contribution in [0.25, 0.3) is 0 Å². The lowest BCUT2D eigenvalue weighted by Crippen LogP contribution is -2.05. The average molecular weight is 218 g/mol. The number of nitrogens with one attached hydrogen (secondary N) is 2. The molecule has 5 heteroatoms. The Labute approximate surface area is 91.0 Å². The van der Waals surface area contributed by atoms with Crippen molar-refractivity contribution in [2.45, 2.75) is 6.42 Å². The van der Waals surface area contributed by atoms with Crippen LogP contribution < -0.4 is 15.0 Å². The van der Waals surface area contributed by atoms with Crippen LogP contribution in [0.4, 0.5) is 0 Å². The molecule has 0 saturated carbocycles. The third-order valence-electron chi connectivity index (χ3n) is 2.56. The predicted molar refractivity (Wildman–Crippen MR) is 56.8 cm³/mol. The number of fused-ring (bicyclic) bond motifs is 1. The summed E-state index contributed by atoms with van der Waals surface area (Å²) in [4.78, 5) is 11.3. The fraction of sp³-hybridized carbons (Fsp3) is 0.182. The lowest BCUT2D eigenvalue weighted by atomic mass is 10.1. The molecule has 0 aliphatic carbocycles. The van der Waals surface area contributed by atoms with Crippen molar-refractivity contribution in [2.75, 3.05) is 6.79 Å². The first kappa shape index (κ1) is 9.08. The minimum absolute atomic E-state index is 0.0855. The number of H-pyrrole nitrogens is 2. The fourth-order valence-corrected chi connectivity index (χ4v) is 1.74. The van der Waals surface area contributed by atoms with Gasteiger partial charge in [-0.3, -0.25) is 9.89 Å². The summed E-state index contributed by atoms with van der Waals surface area (Å²) in [6, 6.07) is 5.69. The van der Waals surface area contributed by atoms with Gasteiger partial charge in [-0.05, 0) is 17.7 Å². The summed E-state index contributed by atoms with van der Waals surface area (Å²) in [5.41, 5.74) is 1.64. The molecule has 1 aliphatic rings. The van der Waals surface area contributed by atoms with Crippen molar-refractivity contribution < 1.29 is 9.47 Å². The van der Waals surface area contributed by atoms with Gasteiger partial charge in [-0.1, -0.05) is 6.07 Å². The molecule has 0 fully saturated rings. The summed E-state index contributed by atoms with van der Waals surface area (Å²) in [5, 5.41) is 5.18. The summed E-state index contributed by atoms with van der Waals surface area (Å²) in [6.45, 7) is 0.267. The molecule has 5 nitrogen and oxygen atoms in total. The van der Waals surface area contributed by atoms with Gasteiger partial charge in [-0.2, -0.15) is 0 Å². The summed E-state index contributed by atoms with van der Waals surface area (Å²) >= 11 is 0. The fourth-order valence-electron chi connectivity index (χ4n) is 1.74. The van der Waals surface area contributed by atoms with Gasteiger partial charge < -0.3 is 14.6 Å². The highest BCUT2D eigenvalue weighted by Crippen LogP contribution is 2.32. The molecule has 0 unspecified atom stereocenters. The molecule has 1 aromatic carbocycles. The molecule has 0 bridgehead atoms. The van der Waals surface area contributed by atoms with Crippen molar-refractivity contribution in [1.29, 1.82) is 0 Å². The first-order valence-corrected chi connectivity index (χ1v) is 4.96. The zero-order valence-electron chi connectivity index (χ0n) is 8.45. The van der Waals surface area contributed by atoms with E-state index in [4.69, 9.17) is 9.47 Å². The van der Waals surface area contributed by atoms with Gasteiger partial charge in [-0.15, -0.1) is 0 Å². The average Bonchev–Trinajstić information content (AvgIpc) is 2.88. The van der Waals surface area contributed by atoms with E-state index in [9.17, 15) is 4.79 Å². The van der Waals surface area contributed by atoms with Crippen LogP contribution in [0.1, 0.15) is 11.1 Å². The Morgan fingerprint density at radius 2 is 2.12 bits per heavy atom. The monoisotopic (exact) mass is 218 g/mol. The van der Waals surface area contributed by atoms with Gasteiger partial charge in [0.25, 0.3) is 5.56 Å². The Morgan fingerprint density at radius 3 is 2.94 bits per heavy atom. The van der Waals surface area contributed by atoms with E-state index in [1.165, 1.54) is 0 Å². The lowest BCUT2D eigenvalue weighted by molar-refractivity contribution is 0.174. The molecular formula is C11H10N2O3. The van der Waals surface area contributed by atoms with Crippen LogP contribution in [0.15, 0.2) is 29.2 Å². The molecule has 16 heavy (non-hydrogen) atoms. The molecule has 1 aliphatic heterocycles. The van der Waals surface area contributed by atoms with E-state index in [-0.39, 0.29) is 12.4 Å². The number of hydrogen-bond donors (Lipinski definition) is 2. The van der Waals surface area contributed by atoms with Gasteiger partial charge >= 0.3 is 0 Å². The smallest absolute Gasteiger partial charge is 0.267 e. The summed E-state index contributed by atoms with van der Waals surface area (Å²) in [5.74, 6) is 1.50. The number of ether oxygens (including phenoxy) is 2. The molecule has 2 N–H and O–H groups in total. The van der Waals surface area contributed by atoms with Crippen molar-refractivity contribution in [3.63, 3.8) is 0 Å². The second-order valence-electron chi connectivity index (χ2n) is 3.63. The van der Waals surface area contributed by atoms with Crippen LogP contribution in [0.2, 0.25) is 0 Å². The van der Waals surface area contributed by atoms with E-state index in [1.54, 1.807) is 6.20 Å². The molecule has 1 aromatic heterocycles. The first-order valence-electron chi connectivity index (χ1n) is 4.96. The van der Waals surface area contributed by atoms with Crippen LogP contribution in [0.3, 0.4) is 0 Å². The van der Waals surface area contributed by atoms with E-state index in [0.717, 1.165) is 17.1 Å². The van der Waals surface area contributed by atoms with Gasteiger partial charge in [0.05, 0.1) is 0 Å². The zero-order valence-corrected chi connectivity index (χ0v) is 8.45. The maximum Gasteiger partial charge on any atom is 0.267 e. The molecule has 2 aromatic rings. The van der Waals surface area contributed by atoms with Gasteiger partial charge in [-0.25, -0.2) is 0 Å². The van der Waals surface area contributed by atoms with Gasteiger partial charge in [0.2, 0.25) is 6.79 Å². The van der Waals surface area contributed by atoms with E-state index in [2.05, 4.69) is 10.2 Å². The standard InChI is InChI=1S/C11H10N2O3/c14-11-8(5-12-13-11)3-7-1-2-9-10(4-7)16-6-15-9/h1-2,4-5H,3,6H2,(H2,12,13,14). The zero-order chi connectivity index (χ0) is 11.0. The maximum absolute atomic E-state index is 11.3. The Bertz CT molecular complexity index is 571. The van der Waals surface area contributed by atoms with Crippen LogP contribution in [-0.4, -0.2) is 17.0 Å². The third-order valence-corrected chi connectivity index (χ3v) is 2.56. The minimum Gasteiger partial charge on any atom is -0.454 e. The van der Waals surface area contributed by atoms with Crippen molar-refractivity contribution in [1.82, 2.24) is 10.2 Å². The number of aromatic amines is 2. The van der Waals surface area contributed by atoms with Gasteiger partial charge in [0.1, 0.15) is 0 Å². The van der Waals surface area contributed by atoms with Crippen LogP contribution in [0.5, 0.6) is 11.5 Å². The van der Waals surface area contributed by atoms with Crippen LogP contribution in [-0.2, 0) is 6.42 Å². The number of benzene rings is 1. The highest BCUT2D eigenvalue weighted by Gasteiger charge is 2.13. The molecule has 82 valence electrons. The molecule has 0 spiro atoms. The Balaban J connectivity index is 1.91. The molecule has 0 saturated heterocycles. The maximum atomic E-state index is 11.3. The third kappa shape index (κ3) is 1.46. The number of hydrogen-bond acceptors (Lipinski definition) is 3. The summed E-state index contributed by atoms with van der Waals surface area (Å²) in [6.07, 6.45) is 2.25. The second-order valence-corrected chi connectivity index (χ2v) is 3.63. The molecule has 3 rings (SSSR count). The van der Waals surface area contributed by atoms with E-state index >= 15 is 0 Å². The number of rotatable bonds is 2. The van der Waals surface area contributed by atoms with Crippen molar-refractivity contribution >= 4 is 0 Å². The van der Waals surface area contributed by atoms with Crippen LogP contribution >= 0.6 is 0 Å². The molecule has 0 atom stereocenters. The topological polar surface area (TPSA) is 67.1 Å². The van der Waals surface area contributed by atoms with Gasteiger partial charge in [0.15, 0.2) is 11.5 Å². The largest absolute Gasteiger partial charge is 0.454 e. The molecule has 0 amide bonds. The Hall–Kier alpha value is -2.17. The first-order chi connectivity index (χ1) is 7.83. The highest BCUT2D eigenvalue weighted by atomic mass is 16.7. The summed E-state index contributed by atoms with van der Waals surface area (Å²) < 4.78 is 10.5. The lowest BCUT2D eigenvalue weighted by Gasteiger charge is -2.00. The van der Waals surface area contributed by atoms with Crippen molar-refractivity contribution in [3.05, 3.63) is 45.9 Å². The Kier molecular flexibility index (Phi) is 1.96. The van der Waals surface area contributed by atoms with E-state index in [1.807, 2.05) is 18.2 Å². The summed E-state index contributed by atoms with van der Waals surface area (Å²) in [7, 11) is 0. The molecular weight excluding hydrogens is 208 g/mol. The van der Waals surface area contributed by atoms with Crippen molar-refractivity contribution in [2.24, 2.45) is 0 Å². The SMILES string of the molecule is O=c1[nH][nH]cc1Cc1ccc2c(c1)OCO2. The predicted octanol–water partition coefficient (Wildman–Crippen LogP) is 1.02. The second kappa shape index (κ2) is 3.44. The van der Waals surface area contributed by atoms with Gasteiger partial charge in [0, 0.05) is 18.2 Å². The quantitative estimate of drug-likeness (QED) is 0.790. The van der Waals surface area contributed by atoms with E-state index in [0.29, 0.717) is 12.0 Å². The Morgan fingerprint density at radius 1 is 1.25 bits per heavy atom. The van der Waals surface area contributed by atoms with Crippen molar-refractivity contribution in [3.8, 4) is 11.5 Å². The van der Waals surface area contributed by atoms with E-state index < -0.39 is 0 Å². The highest BCUT2D eigenvalue weighted by molar-refractivity contribution is 5.45. The van der Waals surface area contributed by atoms with Crippen LogP contribution in [0, 0.1) is 0 Å². The molecule has 2 heterocycles. The minimum atomic E-state index is -0.0855.